The number of aromatic nitrogens is 5. The van der Waals surface area contributed by atoms with Gasteiger partial charge in [0.25, 0.3) is 0 Å². The summed E-state index contributed by atoms with van der Waals surface area (Å²) >= 11 is 19.0. The van der Waals surface area contributed by atoms with E-state index < -0.39 is 100 Å². The lowest BCUT2D eigenvalue weighted by Crippen LogP contribution is -2.51. The number of carbonyl (C=O) groups excluding carboxylic acids is 2. The third-order valence-corrected chi connectivity index (χ3v) is 12.5. The summed E-state index contributed by atoms with van der Waals surface area (Å²) in [5.41, 5.74) is -4.11. The Bertz CT molecular complexity index is 3530. The van der Waals surface area contributed by atoms with Crippen LogP contribution in [0.4, 0.5) is 34.6 Å². The van der Waals surface area contributed by atoms with Crippen molar-refractivity contribution in [2.24, 2.45) is 0 Å². The fourth-order valence-corrected chi connectivity index (χ4v) is 9.24. The Hall–Kier alpha value is -7.62. The number of amides is 1. The summed E-state index contributed by atoms with van der Waals surface area (Å²) in [6, 6.07) is 7.49. The molecule has 372 valence electrons. The molecule has 0 fully saturated rings. The van der Waals surface area contributed by atoms with Crippen molar-refractivity contribution in [1.82, 2.24) is 24.5 Å². The Morgan fingerprint density at radius 2 is 1.17 bits per heavy atom. The number of ketones is 1. The molecular formula is C48H37Cl3F4N8O9. The molecule has 72 heavy (non-hydrogen) atoms. The van der Waals surface area contributed by atoms with Crippen LogP contribution in [0.1, 0.15) is 72.7 Å². The number of benzene rings is 4. The van der Waals surface area contributed by atoms with E-state index in [-0.39, 0.29) is 73.3 Å². The standard InChI is InChI=1S/C24H18Cl2F2N4O4.C24H19ClF2N4O5/c1-10(2)20-21(11(3)29-9-30-20)31-22-12(18(26)23(24(31)33)32(34)35)8-13(25)16(19(22)28)17-14(27)6-5-7-15(17)36-4;1-10(2)19-20(11(3)28-9-29-19)30-21-12(23(32)22(24(30)33)31(34)35)8-13(25)16(18(21)27)17-14(26)6-5-7-15(17)36-4/h5-10H,1-4H3;5-10,22H,1-4H3. The number of Topliss-reactive ketones (excluding diaryl/α,β-unsaturated/α-hetero) is 1. The van der Waals surface area contributed by atoms with Gasteiger partial charge >= 0.3 is 23.2 Å². The lowest BCUT2D eigenvalue weighted by Gasteiger charge is -2.33. The first-order valence-corrected chi connectivity index (χ1v) is 22.4. The minimum absolute atomic E-state index is 0.00855. The molecule has 17 nitrogen and oxygen atoms in total. The number of rotatable bonds is 10. The van der Waals surface area contributed by atoms with E-state index in [4.69, 9.17) is 44.3 Å². The van der Waals surface area contributed by atoms with E-state index in [9.17, 15) is 43.4 Å². The highest BCUT2D eigenvalue weighted by Gasteiger charge is 2.51. The van der Waals surface area contributed by atoms with Gasteiger partial charge < -0.3 is 9.47 Å². The summed E-state index contributed by atoms with van der Waals surface area (Å²) in [6.07, 6.45) is 2.52. The Kier molecular flexibility index (Phi) is 14.7. The first kappa shape index (κ1) is 52.2. The lowest BCUT2D eigenvalue weighted by molar-refractivity contribution is -0.491. The molecule has 0 N–H and O–H groups in total. The smallest absolute Gasteiger partial charge is 0.353 e. The van der Waals surface area contributed by atoms with E-state index in [0.29, 0.717) is 5.69 Å². The SMILES string of the molecule is COc1cccc(F)c1-c1c(Cl)cc2c(Cl)c([N+](=O)[O-])c(=O)n(-c3c(C)ncnc3C(C)C)c2c1F.COc1cccc(F)c1-c1c(Cl)cc2c(c1F)N(c1c(C)ncnc1C(C)C)C(=O)C([N+](=O)[O-])C2=O. The summed E-state index contributed by atoms with van der Waals surface area (Å²) in [6.45, 7) is 10.1. The second kappa shape index (κ2) is 20.2. The van der Waals surface area contributed by atoms with Crippen molar-refractivity contribution < 1.29 is 46.5 Å². The second-order valence-electron chi connectivity index (χ2n) is 16.5. The maximum Gasteiger partial charge on any atom is 0.353 e. The van der Waals surface area contributed by atoms with Gasteiger partial charge in [0.15, 0.2) is 11.6 Å². The molecule has 8 rings (SSSR count). The van der Waals surface area contributed by atoms with Crippen LogP contribution in [0.25, 0.3) is 38.8 Å². The minimum atomic E-state index is -2.35. The lowest BCUT2D eigenvalue weighted by atomic mass is 9.90. The number of pyridine rings is 1. The Morgan fingerprint density at radius 3 is 1.65 bits per heavy atom. The number of fused-ring (bicyclic) bond motifs is 2. The molecule has 0 saturated heterocycles. The Balaban J connectivity index is 0.000000211. The number of nitrogens with zero attached hydrogens (tertiary/aromatic N) is 8. The van der Waals surface area contributed by atoms with Gasteiger partial charge in [0, 0.05) is 21.4 Å². The maximum absolute atomic E-state index is 16.5. The van der Waals surface area contributed by atoms with Crippen molar-refractivity contribution >= 4 is 74.5 Å². The van der Waals surface area contributed by atoms with Gasteiger partial charge in [-0.3, -0.25) is 44.1 Å². The molecule has 0 saturated carbocycles. The number of hydrogen-bond acceptors (Lipinski definition) is 13. The van der Waals surface area contributed by atoms with E-state index in [1.54, 1.807) is 34.6 Å². The molecule has 1 amide bonds. The Morgan fingerprint density at radius 1 is 0.681 bits per heavy atom. The minimum Gasteiger partial charge on any atom is -0.496 e. The van der Waals surface area contributed by atoms with Crippen molar-refractivity contribution in [2.45, 2.75) is 59.4 Å². The molecule has 1 atom stereocenters. The molecule has 0 radical (unpaired) electrons. The van der Waals surface area contributed by atoms with Crippen molar-refractivity contribution in [1.29, 1.82) is 0 Å². The largest absolute Gasteiger partial charge is 0.496 e. The van der Waals surface area contributed by atoms with Gasteiger partial charge in [-0.05, 0) is 62.1 Å². The van der Waals surface area contributed by atoms with Gasteiger partial charge in [0.1, 0.15) is 40.8 Å². The number of hydrogen-bond donors (Lipinski definition) is 0. The summed E-state index contributed by atoms with van der Waals surface area (Å²) in [7, 11) is 2.53. The quantitative estimate of drug-likeness (QED) is 0.0540. The average Bonchev–Trinajstić information content (AvgIpc) is 3.31. The predicted octanol–water partition coefficient (Wildman–Crippen LogP) is 11.4. The summed E-state index contributed by atoms with van der Waals surface area (Å²) in [4.78, 5) is 79.0. The third kappa shape index (κ3) is 8.70. The van der Waals surface area contributed by atoms with Crippen LogP contribution in [-0.2, 0) is 4.79 Å². The fourth-order valence-electron chi connectivity index (χ4n) is 8.37. The monoisotopic (exact) mass is 1050 g/mol. The zero-order valence-corrected chi connectivity index (χ0v) is 41.2. The number of methoxy groups -OCH3 is 2. The second-order valence-corrected chi connectivity index (χ2v) is 17.7. The van der Waals surface area contributed by atoms with E-state index in [1.807, 2.05) is 0 Å². The normalized spacial score (nSPS) is 13.3. The molecule has 0 aliphatic carbocycles. The van der Waals surface area contributed by atoms with Gasteiger partial charge in [0.2, 0.25) is 5.78 Å². The van der Waals surface area contributed by atoms with Crippen LogP contribution in [0.2, 0.25) is 15.1 Å². The molecule has 1 aliphatic rings. The third-order valence-electron chi connectivity index (χ3n) is 11.5. The summed E-state index contributed by atoms with van der Waals surface area (Å²) < 4.78 is 74.0. The van der Waals surface area contributed by atoms with Crippen molar-refractivity contribution in [3.8, 4) is 39.4 Å². The van der Waals surface area contributed by atoms with Gasteiger partial charge in [-0.2, -0.15) is 0 Å². The first-order chi connectivity index (χ1) is 34.0. The topological polar surface area (TPSA) is 216 Å². The molecule has 1 aliphatic heterocycles. The predicted molar refractivity (Wildman–Crippen MR) is 259 cm³/mol. The van der Waals surface area contributed by atoms with Crippen LogP contribution in [0, 0.1) is 57.3 Å². The molecule has 0 spiro atoms. The maximum atomic E-state index is 16.5. The van der Waals surface area contributed by atoms with Crippen LogP contribution in [0.15, 0.2) is 66.0 Å². The molecule has 4 heterocycles. The average molecular weight is 1050 g/mol. The van der Waals surface area contributed by atoms with Crippen LogP contribution in [0.5, 0.6) is 11.5 Å². The highest BCUT2D eigenvalue weighted by atomic mass is 35.5. The van der Waals surface area contributed by atoms with E-state index in [1.165, 1.54) is 58.1 Å². The number of anilines is 2. The molecule has 4 aromatic carbocycles. The van der Waals surface area contributed by atoms with Crippen LogP contribution in [0.3, 0.4) is 0 Å². The van der Waals surface area contributed by atoms with E-state index in [2.05, 4.69) is 19.9 Å². The Labute approximate surface area is 420 Å². The molecular weight excluding hydrogens is 1010 g/mol. The number of carbonyl (C=O) groups is 2. The number of halogens is 7. The molecule has 24 heteroatoms. The highest BCUT2D eigenvalue weighted by molar-refractivity contribution is 6.39. The van der Waals surface area contributed by atoms with Gasteiger partial charge in [-0.25, -0.2) is 37.5 Å². The molecule has 1 unspecified atom stereocenters. The number of ether oxygens (including phenoxy) is 2. The van der Waals surface area contributed by atoms with Crippen LogP contribution >= 0.6 is 34.8 Å². The van der Waals surface area contributed by atoms with Gasteiger partial charge in [0.05, 0.1) is 91.2 Å². The van der Waals surface area contributed by atoms with Gasteiger partial charge in [-0.15, -0.1) is 0 Å². The van der Waals surface area contributed by atoms with Gasteiger partial charge in [-0.1, -0.05) is 74.6 Å². The highest BCUT2D eigenvalue weighted by Crippen LogP contribution is 2.49. The number of aryl methyl sites for hydroxylation is 2. The van der Waals surface area contributed by atoms with Crippen molar-refractivity contribution in [2.75, 3.05) is 19.1 Å². The molecule has 0 bridgehead atoms. The van der Waals surface area contributed by atoms with Crippen molar-refractivity contribution in [3.05, 3.63) is 158 Å². The fraction of sp³-hybridized carbons (Fsp3) is 0.229. The van der Waals surface area contributed by atoms with Crippen LogP contribution in [-0.4, -0.2) is 66.3 Å². The summed E-state index contributed by atoms with van der Waals surface area (Å²) in [5.74, 6) is -7.28. The van der Waals surface area contributed by atoms with E-state index >= 15 is 8.78 Å². The first-order valence-electron chi connectivity index (χ1n) is 21.2. The molecule has 7 aromatic rings. The zero-order valence-electron chi connectivity index (χ0n) is 38.9. The summed E-state index contributed by atoms with van der Waals surface area (Å²) in [5, 5.41) is 22.1. The van der Waals surface area contributed by atoms with Crippen LogP contribution < -0.4 is 19.9 Å². The van der Waals surface area contributed by atoms with E-state index in [0.717, 1.165) is 33.7 Å². The number of nitro groups is 2. The molecule has 3 aromatic heterocycles. The zero-order chi connectivity index (χ0) is 52.9. The van der Waals surface area contributed by atoms with Crippen molar-refractivity contribution in [3.63, 3.8) is 0 Å².